The molecule has 0 radical (unpaired) electrons. The summed E-state index contributed by atoms with van der Waals surface area (Å²) in [5.74, 6) is 0.645. The molecule has 1 unspecified atom stereocenters. The van der Waals surface area contributed by atoms with E-state index in [4.69, 9.17) is 9.57 Å². The van der Waals surface area contributed by atoms with Crippen molar-refractivity contribution in [3.8, 4) is 0 Å². The van der Waals surface area contributed by atoms with E-state index in [-0.39, 0.29) is 12.0 Å². The summed E-state index contributed by atoms with van der Waals surface area (Å²) in [7, 11) is 1.39. The van der Waals surface area contributed by atoms with Crippen molar-refractivity contribution in [2.45, 2.75) is 72.4 Å². The molecule has 0 aromatic rings. The third-order valence-electron chi connectivity index (χ3n) is 4.83. The zero-order valence-electron chi connectivity index (χ0n) is 16.0. The van der Waals surface area contributed by atoms with Crippen molar-refractivity contribution in [3.63, 3.8) is 0 Å². The lowest BCUT2D eigenvalue weighted by Gasteiger charge is -2.38. The molecule has 1 rings (SSSR count). The Bertz CT molecular complexity index is 460. The number of hydroxylamine groups is 2. The predicted molar refractivity (Wildman–Crippen MR) is 94.0 cm³/mol. The molecule has 138 valence electrons. The van der Waals surface area contributed by atoms with Gasteiger partial charge in [-0.1, -0.05) is 32.8 Å². The van der Waals surface area contributed by atoms with Crippen LogP contribution in [-0.2, 0) is 19.2 Å². The van der Waals surface area contributed by atoms with Gasteiger partial charge in [0.05, 0.1) is 7.11 Å². The highest BCUT2D eigenvalue weighted by molar-refractivity contribution is 5.83. The first kappa shape index (κ1) is 20.7. The van der Waals surface area contributed by atoms with Crippen LogP contribution in [0.5, 0.6) is 0 Å². The average molecular weight is 339 g/mol. The van der Waals surface area contributed by atoms with Gasteiger partial charge in [-0.15, -0.1) is 6.58 Å². The van der Waals surface area contributed by atoms with Crippen molar-refractivity contribution in [1.82, 2.24) is 5.06 Å². The van der Waals surface area contributed by atoms with E-state index >= 15 is 0 Å². The Balaban J connectivity index is 2.92. The number of hydrogen-bond acceptors (Lipinski definition) is 4. The van der Waals surface area contributed by atoms with Crippen LogP contribution in [-0.4, -0.2) is 36.2 Å². The maximum absolute atomic E-state index is 12.8. The van der Waals surface area contributed by atoms with Gasteiger partial charge >= 0.3 is 5.97 Å². The molecule has 0 bridgehead atoms. The van der Waals surface area contributed by atoms with E-state index in [1.165, 1.54) is 20.5 Å². The fraction of sp³-hybridized carbons (Fsp3) is 0.789. The monoisotopic (exact) mass is 339 g/mol. The average Bonchev–Trinajstić information content (AvgIpc) is 2.45. The highest BCUT2D eigenvalue weighted by Gasteiger charge is 2.37. The van der Waals surface area contributed by atoms with Gasteiger partial charge in [-0.2, -0.15) is 0 Å². The van der Waals surface area contributed by atoms with Gasteiger partial charge in [0.1, 0.15) is 6.10 Å². The van der Waals surface area contributed by atoms with Crippen molar-refractivity contribution in [3.05, 3.63) is 12.2 Å². The zero-order chi connectivity index (χ0) is 18.4. The van der Waals surface area contributed by atoms with Crippen molar-refractivity contribution in [2.75, 3.05) is 7.11 Å². The van der Waals surface area contributed by atoms with Crippen molar-refractivity contribution in [2.24, 2.45) is 17.8 Å². The molecule has 0 aromatic heterocycles. The predicted octanol–water partition coefficient (Wildman–Crippen LogP) is 3.74. The smallest absolute Gasteiger partial charge is 0.332 e. The van der Waals surface area contributed by atoms with Crippen LogP contribution in [0, 0.1) is 17.8 Å². The summed E-state index contributed by atoms with van der Waals surface area (Å²) in [5, 5.41) is 1.09. The lowest BCUT2D eigenvalue weighted by molar-refractivity contribution is -0.201. The summed E-state index contributed by atoms with van der Waals surface area (Å²) in [5.41, 5.74) is 0.803. The van der Waals surface area contributed by atoms with Crippen LogP contribution in [0.3, 0.4) is 0 Å². The second-order valence-corrected chi connectivity index (χ2v) is 7.51. The number of amides is 1. The second-order valence-electron chi connectivity index (χ2n) is 7.51. The van der Waals surface area contributed by atoms with E-state index in [2.05, 4.69) is 27.4 Å². The number of hydrogen-bond donors (Lipinski definition) is 0. The first-order chi connectivity index (χ1) is 11.2. The Morgan fingerprint density at radius 3 is 2.33 bits per heavy atom. The van der Waals surface area contributed by atoms with Gasteiger partial charge in [-0.25, -0.2) is 9.86 Å². The highest BCUT2D eigenvalue weighted by Crippen LogP contribution is 2.35. The molecule has 5 heteroatoms. The quantitative estimate of drug-likeness (QED) is 0.403. The Labute approximate surface area is 146 Å². The van der Waals surface area contributed by atoms with Crippen molar-refractivity contribution < 1.29 is 19.2 Å². The molecule has 1 saturated carbocycles. The molecule has 1 amide bonds. The summed E-state index contributed by atoms with van der Waals surface area (Å²) < 4.78 is 5.88. The number of rotatable bonds is 7. The van der Waals surface area contributed by atoms with Gasteiger partial charge in [0, 0.05) is 13.3 Å². The molecule has 0 spiro atoms. The van der Waals surface area contributed by atoms with E-state index in [1.54, 1.807) is 0 Å². The molecular formula is C19H33NO4. The Morgan fingerprint density at radius 2 is 1.88 bits per heavy atom. The highest BCUT2D eigenvalue weighted by atomic mass is 16.7. The molecule has 0 N–H and O–H groups in total. The van der Waals surface area contributed by atoms with Crippen LogP contribution in [0.2, 0.25) is 0 Å². The van der Waals surface area contributed by atoms with E-state index in [0.717, 1.165) is 23.5 Å². The van der Waals surface area contributed by atoms with E-state index in [1.807, 2.05) is 6.92 Å². The maximum atomic E-state index is 12.8. The first-order valence-corrected chi connectivity index (χ1v) is 8.86. The SMILES string of the molecule is C=C(C)CC(C(=O)O[C@@H]1C[C@H](C)CC[C@H]1C(C)C)N(OC)C(C)=O. The van der Waals surface area contributed by atoms with Crippen LogP contribution in [0.4, 0.5) is 0 Å². The molecule has 4 atom stereocenters. The van der Waals surface area contributed by atoms with Crippen molar-refractivity contribution in [1.29, 1.82) is 0 Å². The minimum atomic E-state index is -0.782. The molecule has 1 fully saturated rings. The van der Waals surface area contributed by atoms with Crippen molar-refractivity contribution >= 4 is 11.9 Å². The largest absolute Gasteiger partial charge is 0.460 e. The molecule has 0 aliphatic heterocycles. The molecule has 5 nitrogen and oxygen atoms in total. The van der Waals surface area contributed by atoms with Crippen LogP contribution in [0.1, 0.15) is 60.3 Å². The van der Waals surface area contributed by atoms with E-state index < -0.39 is 12.0 Å². The standard InChI is InChI=1S/C19H33NO4/c1-12(2)10-17(20(23-7)15(6)21)19(22)24-18-11-14(5)8-9-16(18)13(3)4/h13-14,16-18H,1,8-11H2,2-7H3/t14-,16+,17?,18-/m1/s1. The fourth-order valence-corrected chi connectivity index (χ4v) is 3.55. The summed E-state index contributed by atoms with van der Waals surface area (Å²) in [6.45, 7) is 13.6. The number of nitrogens with zero attached hydrogens (tertiary/aromatic N) is 1. The summed E-state index contributed by atoms with van der Waals surface area (Å²) >= 11 is 0. The summed E-state index contributed by atoms with van der Waals surface area (Å²) in [6, 6.07) is -0.782. The third kappa shape index (κ3) is 5.62. The lowest BCUT2D eigenvalue weighted by Crippen LogP contribution is -2.47. The van der Waals surface area contributed by atoms with Gasteiger partial charge < -0.3 is 4.74 Å². The second kappa shape index (κ2) is 9.21. The third-order valence-corrected chi connectivity index (χ3v) is 4.83. The molecule has 24 heavy (non-hydrogen) atoms. The van der Waals surface area contributed by atoms with Crippen LogP contribution in [0.15, 0.2) is 12.2 Å². The molecule has 0 aromatic carbocycles. The number of carbonyl (C=O) groups excluding carboxylic acids is 2. The van der Waals surface area contributed by atoms with E-state index in [0.29, 0.717) is 24.2 Å². The summed E-state index contributed by atoms with van der Waals surface area (Å²) in [4.78, 5) is 29.7. The van der Waals surface area contributed by atoms with Gasteiger partial charge in [0.15, 0.2) is 6.04 Å². The molecular weight excluding hydrogens is 306 g/mol. The van der Waals surface area contributed by atoms with Gasteiger partial charge in [-0.3, -0.25) is 9.63 Å². The van der Waals surface area contributed by atoms with Crippen LogP contribution in [0.25, 0.3) is 0 Å². The molecule has 1 aliphatic rings. The normalized spacial score (nSPS) is 25.2. The number of esters is 1. The minimum Gasteiger partial charge on any atom is -0.460 e. The topological polar surface area (TPSA) is 55.8 Å². The number of carbonyl (C=O) groups is 2. The number of ether oxygens (including phenoxy) is 1. The Kier molecular flexibility index (Phi) is 7.94. The van der Waals surface area contributed by atoms with Crippen LogP contribution >= 0.6 is 0 Å². The summed E-state index contributed by atoms with van der Waals surface area (Å²) in [6.07, 6.45) is 3.36. The molecule has 0 heterocycles. The lowest BCUT2D eigenvalue weighted by atomic mass is 9.75. The van der Waals surface area contributed by atoms with Gasteiger partial charge in [0.25, 0.3) is 0 Å². The first-order valence-electron chi connectivity index (χ1n) is 8.86. The Morgan fingerprint density at radius 1 is 1.25 bits per heavy atom. The molecule has 1 aliphatic carbocycles. The fourth-order valence-electron chi connectivity index (χ4n) is 3.55. The Hall–Kier alpha value is -1.36. The minimum absolute atomic E-state index is 0.0977. The maximum Gasteiger partial charge on any atom is 0.332 e. The molecule has 0 saturated heterocycles. The van der Waals surface area contributed by atoms with E-state index in [9.17, 15) is 9.59 Å². The van der Waals surface area contributed by atoms with Gasteiger partial charge in [-0.05, 0) is 37.5 Å². The van der Waals surface area contributed by atoms with Crippen LogP contribution < -0.4 is 0 Å². The van der Waals surface area contributed by atoms with Gasteiger partial charge in [0.2, 0.25) is 5.91 Å². The zero-order valence-corrected chi connectivity index (χ0v) is 16.0.